The van der Waals surface area contributed by atoms with Crippen molar-refractivity contribution in [2.75, 3.05) is 41.0 Å². The molecule has 1 N–H and O–H groups in total. The van der Waals surface area contributed by atoms with Crippen molar-refractivity contribution in [3.63, 3.8) is 0 Å². The Morgan fingerprint density at radius 3 is 2.91 bits per heavy atom. The minimum absolute atomic E-state index is 0.581. The molecule has 0 amide bonds. The number of hydrogen-bond acceptors (Lipinski definition) is 4. The maximum atomic E-state index is 5.46. The van der Waals surface area contributed by atoms with Crippen molar-refractivity contribution < 1.29 is 9.47 Å². The Morgan fingerprint density at radius 1 is 1.52 bits per heavy atom. The van der Waals surface area contributed by atoms with Gasteiger partial charge < -0.3 is 19.7 Å². The van der Waals surface area contributed by atoms with Gasteiger partial charge in [-0.15, -0.1) is 0 Å². The zero-order valence-electron chi connectivity index (χ0n) is 14.8. The Kier molecular flexibility index (Phi) is 6.21. The average Bonchev–Trinajstić information content (AvgIpc) is 3.03. The second-order valence-corrected chi connectivity index (χ2v) is 6.06. The Balaban J connectivity index is 1.97. The van der Waals surface area contributed by atoms with E-state index in [1.165, 1.54) is 0 Å². The van der Waals surface area contributed by atoms with Crippen molar-refractivity contribution in [3.05, 3.63) is 23.0 Å². The van der Waals surface area contributed by atoms with Crippen LogP contribution in [0.4, 0.5) is 0 Å². The highest BCUT2D eigenvalue weighted by molar-refractivity contribution is 5.79. The molecule has 128 valence electrons. The molecule has 1 aromatic heterocycles. The summed E-state index contributed by atoms with van der Waals surface area (Å²) in [6.07, 6.45) is 2.97. The first-order valence-corrected chi connectivity index (χ1v) is 8.05. The van der Waals surface area contributed by atoms with E-state index in [1.807, 2.05) is 20.0 Å². The first-order chi connectivity index (χ1) is 11.1. The molecule has 2 rings (SSSR count). The molecule has 0 saturated carbocycles. The molecule has 1 fully saturated rings. The fraction of sp³-hybridized carbons (Fsp3) is 0.647. The number of hydrogen-bond donors (Lipinski definition) is 1. The summed E-state index contributed by atoms with van der Waals surface area (Å²) in [5.41, 5.74) is 3.10. The summed E-state index contributed by atoms with van der Waals surface area (Å²) < 4.78 is 10.9. The zero-order valence-corrected chi connectivity index (χ0v) is 14.8. The van der Waals surface area contributed by atoms with Gasteiger partial charge in [0.25, 0.3) is 0 Å². The first-order valence-electron chi connectivity index (χ1n) is 8.05. The van der Waals surface area contributed by atoms with E-state index in [9.17, 15) is 0 Å². The highest BCUT2D eigenvalue weighted by Crippen LogP contribution is 2.23. The van der Waals surface area contributed by atoms with Gasteiger partial charge in [0.1, 0.15) is 5.75 Å². The molecule has 1 aliphatic heterocycles. The lowest BCUT2D eigenvalue weighted by Crippen LogP contribution is -2.41. The molecular weight excluding hydrogens is 292 g/mol. The molecule has 6 nitrogen and oxygen atoms in total. The number of pyridine rings is 1. The number of nitrogens with one attached hydrogen (secondary N) is 1. The number of rotatable bonds is 5. The molecule has 2 heterocycles. The SMILES string of the molecule is CN=C(NCc1ncc(C)c(OC)c1C)N(C)CC1CCOC1. The van der Waals surface area contributed by atoms with E-state index in [2.05, 4.69) is 27.2 Å². The molecule has 6 heteroatoms. The lowest BCUT2D eigenvalue weighted by Gasteiger charge is -2.24. The van der Waals surface area contributed by atoms with Crippen LogP contribution in [0.3, 0.4) is 0 Å². The van der Waals surface area contributed by atoms with Gasteiger partial charge in [0.15, 0.2) is 5.96 Å². The minimum atomic E-state index is 0.581. The van der Waals surface area contributed by atoms with E-state index in [0.29, 0.717) is 12.5 Å². The normalized spacial score (nSPS) is 18.1. The van der Waals surface area contributed by atoms with E-state index in [-0.39, 0.29) is 0 Å². The zero-order chi connectivity index (χ0) is 16.8. The second kappa shape index (κ2) is 8.15. The summed E-state index contributed by atoms with van der Waals surface area (Å²) >= 11 is 0. The van der Waals surface area contributed by atoms with Crippen molar-refractivity contribution in [1.29, 1.82) is 0 Å². The van der Waals surface area contributed by atoms with E-state index in [1.54, 1.807) is 14.2 Å². The third-order valence-electron chi connectivity index (χ3n) is 4.29. The summed E-state index contributed by atoms with van der Waals surface area (Å²) in [6, 6.07) is 0. The van der Waals surface area contributed by atoms with Crippen LogP contribution in [0.1, 0.15) is 23.2 Å². The summed E-state index contributed by atoms with van der Waals surface area (Å²) in [4.78, 5) is 11.0. The Bertz CT molecular complexity index is 554. The fourth-order valence-corrected chi connectivity index (χ4v) is 3.00. The van der Waals surface area contributed by atoms with Crippen LogP contribution in [0.15, 0.2) is 11.2 Å². The largest absolute Gasteiger partial charge is 0.496 e. The van der Waals surface area contributed by atoms with Gasteiger partial charge in [0.2, 0.25) is 0 Å². The van der Waals surface area contributed by atoms with Crippen molar-refractivity contribution in [2.45, 2.75) is 26.8 Å². The van der Waals surface area contributed by atoms with E-state index < -0.39 is 0 Å². The van der Waals surface area contributed by atoms with E-state index in [4.69, 9.17) is 9.47 Å². The topological polar surface area (TPSA) is 59.0 Å². The summed E-state index contributed by atoms with van der Waals surface area (Å²) in [6.45, 7) is 7.34. The van der Waals surface area contributed by atoms with Crippen molar-refractivity contribution in [3.8, 4) is 5.75 Å². The maximum absolute atomic E-state index is 5.46. The molecular formula is C17H28N4O2. The Labute approximate surface area is 138 Å². The number of aryl methyl sites for hydroxylation is 1. The summed E-state index contributed by atoms with van der Waals surface area (Å²) in [5.74, 6) is 2.36. The van der Waals surface area contributed by atoms with Crippen LogP contribution >= 0.6 is 0 Å². The molecule has 1 aromatic rings. The van der Waals surface area contributed by atoms with Gasteiger partial charge in [-0.3, -0.25) is 9.98 Å². The fourth-order valence-electron chi connectivity index (χ4n) is 3.00. The van der Waals surface area contributed by atoms with Gasteiger partial charge in [-0.2, -0.15) is 0 Å². The molecule has 1 unspecified atom stereocenters. The number of aromatic nitrogens is 1. The lowest BCUT2D eigenvalue weighted by atomic mass is 10.1. The third kappa shape index (κ3) is 4.34. The smallest absolute Gasteiger partial charge is 0.193 e. The van der Waals surface area contributed by atoms with Crippen LogP contribution in [0.5, 0.6) is 5.75 Å². The van der Waals surface area contributed by atoms with Crippen LogP contribution in [-0.2, 0) is 11.3 Å². The van der Waals surface area contributed by atoms with Crippen molar-refractivity contribution in [1.82, 2.24) is 15.2 Å². The third-order valence-corrected chi connectivity index (χ3v) is 4.29. The molecule has 1 saturated heterocycles. The molecule has 0 aromatic carbocycles. The molecule has 0 spiro atoms. The van der Waals surface area contributed by atoms with Crippen molar-refractivity contribution >= 4 is 5.96 Å². The van der Waals surface area contributed by atoms with Gasteiger partial charge in [0, 0.05) is 50.5 Å². The first kappa shape index (κ1) is 17.5. The highest BCUT2D eigenvalue weighted by atomic mass is 16.5. The number of nitrogens with zero attached hydrogens (tertiary/aromatic N) is 3. The van der Waals surface area contributed by atoms with Crippen LogP contribution in [-0.4, -0.2) is 56.8 Å². The maximum Gasteiger partial charge on any atom is 0.193 e. The predicted molar refractivity (Wildman–Crippen MR) is 92.0 cm³/mol. The molecule has 1 atom stereocenters. The number of methoxy groups -OCH3 is 1. The van der Waals surface area contributed by atoms with Crippen LogP contribution in [0, 0.1) is 19.8 Å². The van der Waals surface area contributed by atoms with Gasteiger partial charge in [-0.05, 0) is 20.3 Å². The number of ether oxygens (including phenoxy) is 2. The quantitative estimate of drug-likeness (QED) is 0.662. The van der Waals surface area contributed by atoms with Gasteiger partial charge in [-0.1, -0.05) is 0 Å². The predicted octanol–water partition coefficient (Wildman–Crippen LogP) is 1.75. The Morgan fingerprint density at radius 2 is 2.30 bits per heavy atom. The van der Waals surface area contributed by atoms with E-state index in [0.717, 1.165) is 54.7 Å². The van der Waals surface area contributed by atoms with Crippen molar-refractivity contribution in [2.24, 2.45) is 10.9 Å². The standard InChI is InChI=1S/C17H28N4O2/c1-12-8-19-15(13(2)16(12)22-5)9-20-17(18-3)21(4)10-14-6-7-23-11-14/h8,14H,6-7,9-11H2,1-5H3,(H,18,20). The van der Waals surface area contributed by atoms with Gasteiger partial charge in [0.05, 0.1) is 26.0 Å². The Hall–Kier alpha value is -1.82. The summed E-state index contributed by atoms with van der Waals surface area (Å²) in [5, 5.41) is 3.39. The molecule has 1 aliphatic rings. The van der Waals surface area contributed by atoms with E-state index >= 15 is 0 Å². The lowest BCUT2D eigenvalue weighted by molar-refractivity contribution is 0.181. The molecule has 0 radical (unpaired) electrons. The average molecular weight is 320 g/mol. The molecule has 0 aliphatic carbocycles. The van der Waals surface area contributed by atoms with Crippen LogP contribution < -0.4 is 10.1 Å². The van der Waals surface area contributed by atoms with Gasteiger partial charge >= 0.3 is 0 Å². The minimum Gasteiger partial charge on any atom is -0.496 e. The van der Waals surface area contributed by atoms with Crippen LogP contribution in [0.25, 0.3) is 0 Å². The molecule has 23 heavy (non-hydrogen) atoms. The summed E-state index contributed by atoms with van der Waals surface area (Å²) in [7, 11) is 5.56. The van der Waals surface area contributed by atoms with Gasteiger partial charge in [-0.25, -0.2) is 0 Å². The van der Waals surface area contributed by atoms with Crippen LogP contribution in [0.2, 0.25) is 0 Å². The molecule has 0 bridgehead atoms. The number of aliphatic imine (C=N–C) groups is 1. The second-order valence-electron chi connectivity index (χ2n) is 6.06. The monoisotopic (exact) mass is 320 g/mol. The highest BCUT2D eigenvalue weighted by Gasteiger charge is 2.19. The number of guanidine groups is 1.